The lowest BCUT2D eigenvalue weighted by molar-refractivity contribution is -0.127. The van der Waals surface area contributed by atoms with Gasteiger partial charge in [0.15, 0.2) is 6.10 Å². The molecule has 0 saturated carbocycles. The van der Waals surface area contributed by atoms with E-state index in [0.29, 0.717) is 23.7 Å². The lowest BCUT2D eigenvalue weighted by Gasteiger charge is -2.35. The highest BCUT2D eigenvalue weighted by Gasteiger charge is 2.34. The number of nitrogens with zero attached hydrogens (tertiary/aromatic N) is 2. The molecule has 0 aliphatic carbocycles. The molecular weight excluding hydrogens is 390 g/mol. The zero-order chi connectivity index (χ0) is 20.4. The van der Waals surface area contributed by atoms with E-state index in [2.05, 4.69) is 5.32 Å². The van der Waals surface area contributed by atoms with Crippen LogP contribution in [0.15, 0.2) is 53.4 Å². The first kappa shape index (κ1) is 19.3. The second kappa shape index (κ2) is 8.16. The van der Waals surface area contributed by atoms with E-state index in [9.17, 15) is 14.4 Å². The van der Waals surface area contributed by atoms with Crippen LogP contribution in [0.2, 0.25) is 0 Å². The largest absolute Gasteiger partial charge is 0.477 e. The van der Waals surface area contributed by atoms with E-state index >= 15 is 0 Å². The lowest BCUT2D eigenvalue weighted by Crippen LogP contribution is -2.50. The van der Waals surface area contributed by atoms with Crippen LogP contribution in [0.25, 0.3) is 0 Å². The minimum absolute atomic E-state index is 0.00730. The molecule has 0 spiro atoms. The second-order valence-corrected chi connectivity index (χ2v) is 7.76. The number of anilines is 2. The van der Waals surface area contributed by atoms with Crippen molar-refractivity contribution in [1.29, 1.82) is 0 Å². The molecule has 2 aromatic rings. The number of fused-ring (bicyclic) bond motifs is 2. The molecule has 3 amide bonds. The van der Waals surface area contributed by atoms with Gasteiger partial charge in [0, 0.05) is 24.9 Å². The molecule has 0 bridgehead atoms. The SMILES string of the molecule is CNC(=O)[C@H]1CN(C(=O)CCN2C(=O)CSc3ccccc32)c2ccccc2O1. The van der Waals surface area contributed by atoms with Gasteiger partial charge in [-0.1, -0.05) is 24.3 Å². The van der Waals surface area contributed by atoms with Crippen molar-refractivity contribution in [3.63, 3.8) is 0 Å². The summed E-state index contributed by atoms with van der Waals surface area (Å²) in [6, 6.07) is 14.9. The van der Waals surface area contributed by atoms with Gasteiger partial charge in [-0.25, -0.2) is 0 Å². The van der Waals surface area contributed by atoms with Crippen molar-refractivity contribution in [2.75, 3.05) is 35.7 Å². The molecule has 0 saturated heterocycles. The number of hydrogen-bond donors (Lipinski definition) is 1. The smallest absolute Gasteiger partial charge is 0.262 e. The van der Waals surface area contributed by atoms with Crippen LogP contribution in [-0.4, -0.2) is 49.7 Å². The molecule has 0 radical (unpaired) electrons. The summed E-state index contributed by atoms with van der Waals surface area (Å²) in [5, 5.41) is 2.57. The first-order valence-electron chi connectivity index (χ1n) is 9.38. The molecule has 1 atom stereocenters. The van der Waals surface area contributed by atoms with Gasteiger partial charge in [0.25, 0.3) is 5.91 Å². The maximum atomic E-state index is 13.1. The summed E-state index contributed by atoms with van der Waals surface area (Å²) in [6.07, 6.45) is -0.618. The van der Waals surface area contributed by atoms with Crippen molar-refractivity contribution in [3.05, 3.63) is 48.5 Å². The minimum Gasteiger partial charge on any atom is -0.477 e. The number of nitrogens with one attached hydrogen (secondary N) is 1. The molecule has 1 N–H and O–H groups in total. The molecule has 2 heterocycles. The molecule has 0 fully saturated rings. The summed E-state index contributed by atoms with van der Waals surface area (Å²) in [4.78, 5) is 41.9. The van der Waals surface area contributed by atoms with E-state index in [0.717, 1.165) is 10.6 Å². The molecule has 2 aliphatic heterocycles. The van der Waals surface area contributed by atoms with E-state index in [1.807, 2.05) is 30.3 Å². The maximum Gasteiger partial charge on any atom is 0.262 e. The first-order valence-corrected chi connectivity index (χ1v) is 10.4. The molecule has 29 heavy (non-hydrogen) atoms. The van der Waals surface area contributed by atoms with Crippen LogP contribution in [0.1, 0.15) is 6.42 Å². The highest BCUT2D eigenvalue weighted by atomic mass is 32.2. The van der Waals surface area contributed by atoms with Crippen molar-refractivity contribution < 1.29 is 19.1 Å². The molecule has 8 heteroatoms. The minimum atomic E-state index is -0.771. The Morgan fingerprint density at radius 2 is 1.86 bits per heavy atom. The van der Waals surface area contributed by atoms with Crippen molar-refractivity contribution in [2.45, 2.75) is 17.4 Å². The Hall–Kier alpha value is -3.00. The van der Waals surface area contributed by atoms with Gasteiger partial charge in [-0.05, 0) is 24.3 Å². The molecule has 0 aromatic heterocycles. The molecule has 150 valence electrons. The van der Waals surface area contributed by atoms with Gasteiger partial charge in [-0.3, -0.25) is 14.4 Å². The Balaban J connectivity index is 1.52. The van der Waals surface area contributed by atoms with E-state index in [-0.39, 0.29) is 30.7 Å². The van der Waals surface area contributed by atoms with E-state index in [1.54, 1.807) is 28.0 Å². The van der Waals surface area contributed by atoms with Crippen LogP contribution < -0.4 is 19.9 Å². The maximum absolute atomic E-state index is 13.1. The number of amides is 3. The van der Waals surface area contributed by atoms with Gasteiger partial charge in [-0.15, -0.1) is 11.8 Å². The van der Waals surface area contributed by atoms with Crippen molar-refractivity contribution in [3.8, 4) is 5.75 Å². The van der Waals surface area contributed by atoms with Crippen LogP contribution in [0.5, 0.6) is 5.75 Å². The average molecular weight is 411 g/mol. The van der Waals surface area contributed by atoms with Crippen LogP contribution in [0.3, 0.4) is 0 Å². The third-order valence-electron chi connectivity index (χ3n) is 4.97. The summed E-state index contributed by atoms with van der Waals surface area (Å²) in [5.41, 5.74) is 1.48. The Morgan fingerprint density at radius 1 is 1.14 bits per heavy atom. The highest BCUT2D eigenvalue weighted by Crippen LogP contribution is 2.36. The zero-order valence-electron chi connectivity index (χ0n) is 16.0. The Bertz CT molecular complexity index is 964. The van der Waals surface area contributed by atoms with Gasteiger partial charge in [0.05, 0.1) is 23.7 Å². The topological polar surface area (TPSA) is 79.0 Å². The van der Waals surface area contributed by atoms with Gasteiger partial charge in [0.1, 0.15) is 5.75 Å². The Labute approximate surface area is 173 Å². The third kappa shape index (κ3) is 3.80. The van der Waals surface area contributed by atoms with Crippen molar-refractivity contribution in [1.82, 2.24) is 5.32 Å². The molecule has 2 aliphatic rings. The number of para-hydroxylation sites is 3. The monoisotopic (exact) mass is 411 g/mol. The van der Waals surface area contributed by atoms with Crippen LogP contribution in [-0.2, 0) is 14.4 Å². The van der Waals surface area contributed by atoms with E-state index in [4.69, 9.17) is 4.74 Å². The number of carbonyl (C=O) groups is 3. The Morgan fingerprint density at radius 3 is 2.66 bits per heavy atom. The van der Waals surface area contributed by atoms with Gasteiger partial charge < -0.3 is 19.9 Å². The number of ether oxygens (including phenoxy) is 1. The number of rotatable bonds is 4. The standard InChI is InChI=1S/C21H21N3O4S/c1-22-21(27)17-12-24(14-6-2-4-8-16(14)28-17)19(25)10-11-23-15-7-3-5-9-18(15)29-13-20(23)26/h2-9,17H,10-13H2,1H3,(H,22,27)/t17-/m1/s1. The van der Waals surface area contributed by atoms with Gasteiger partial charge in [-0.2, -0.15) is 0 Å². The Kier molecular flexibility index (Phi) is 5.44. The molecular formula is C21H21N3O4S. The molecule has 4 rings (SSSR count). The highest BCUT2D eigenvalue weighted by molar-refractivity contribution is 8.00. The number of benzene rings is 2. The van der Waals surface area contributed by atoms with E-state index < -0.39 is 6.10 Å². The summed E-state index contributed by atoms with van der Waals surface area (Å²) < 4.78 is 5.75. The van der Waals surface area contributed by atoms with Gasteiger partial charge in [0.2, 0.25) is 11.8 Å². The van der Waals surface area contributed by atoms with Crippen LogP contribution >= 0.6 is 11.8 Å². The van der Waals surface area contributed by atoms with Crippen LogP contribution in [0.4, 0.5) is 11.4 Å². The summed E-state index contributed by atoms with van der Waals surface area (Å²) in [6.45, 7) is 0.426. The number of likely N-dealkylation sites (N-methyl/N-ethyl adjacent to an activating group) is 1. The lowest BCUT2D eigenvalue weighted by atomic mass is 10.1. The zero-order valence-corrected chi connectivity index (χ0v) is 16.8. The summed E-state index contributed by atoms with van der Waals surface area (Å²) in [7, 11) is 1.54. The van der Waals surface area contributed by atoms with E-state index in [1.165, 1.54) is 18.8 Å². The quantitative estimate of drug-likeness (QED) is 0.833. The fourth-order valence-corrected chi connectivity index (χ4v) is 4.45. The van der Waals surface area contributed by atoms with Crippen LogP contribution in [0, 0.1) is 0 Å². The normalized spacial score (nSPS) is 17.8. The van der Waals surface area contributed by atoms with Gasteiger partial charge >= 0.3 is 0 Å². The fraction of sp³-hybridized carbons (Fsp3) is 0.286. The molecule has 0 unspecified atom stereocenters. The predicted octanol–water partition coefficient (Wildman–Crippen LogP) is 2.06. The first-order chi connectivity index (χ1) is 14.1. The molecule has 2 aromatic carbocycles. The van der Waals surface area contributed by atoms with Crippen molar-refractivity contribution in [2.24, 2.45) is 0 Å². The number of thioether (sulfide) groups is 1. The number of carbonyl (C=O) groups excluding carboxylic acids is 3. The fourth-order valence-electron chi connectivity index (χ4n) is 3.51. The summed E-state index contributed by atoms with van der Waals surface area (Å²) >= 11 is 1.51. The predicted molar refractivity (Wildman–Crippen MR) is 111 cm³/mol. The third-order valence-corrected chi connectivity index (χ3v) is 6.02. The van der Waals surface area contributed by atoms with Crippen molar-refractivity contribution >= 4 is 40.9 Å². The number of hydrogen-bond acceptors (Lipinski definition) is 5. The second-order valence-electron chi connectivity index (χ2n) is 6.74. The average Bonchev–Trinajstić information content (AvgIpc) is 2.76. The summed E-state index contributed by atoms with van der Waals surface area (Å²) in [5.74, 6) is 0.417. The molecule has 7 nitrogen and oxygen atoms in total.